The van der Waals surface area contributed by atoms with Crippen molar-refractivity contribution in [2.45, 2.75) is 26.2 Å². The van der Waals surface area contributed by atoms with E-state index in [1.807, 2.05) is 12.1 Å². The van der Waals surface area contributed by atoms with Crippen molar-refractivity contribution in [2.24, 2.45) is 0 Å². The van der Waals surface area contributed by atoms with Crippen LogP contribution in [0.25, 0.3) is 0 Å². The van der Waals surface area contributed by atoms with E-state index in [1.54, 1.807) is 0 Å². The smallest absolute Gasteiger partial charge is 0.347 e. The van der Waals surface area contributed by atoms with Crippen molar-refractivity contribution in [1.29, 1.82) is 0 Å². The van der Waals surface area contributed by atoms with Gasteiger partial charge in [0.1, 0.15) is 10.6 Å². The number of nitrogens with zero attached hydrogens (tertiary/aromatic N) is 1. The van der Waals surface area contributed by atoms with Crippen LogP contribution in [0.15, 0.2) is 30.5 Å². The highest BCUT2D eigenvalue weighted by Gasteiger charge is 2.08. The third-order valence-corrected chi connectivity index (χ3v) is 3.94. The summed E-state index contributed by atoms with van der Waals surface area (Å²) in [6.07, 6.45) is 2.00. The number of hydrogen-bond donors (Lipinski definition) is 1. The number of ether oxygens (including phenoxy) is 1. The zero-order chi connectivity index (χ0) is 14.5. The van der Waals surface area contributed by atoms with Gasteiger partial charge in [0.15, 0.2) is 0 Å². The molecular formula is C15H17NO3S. The Morgan fingerprint density at radius 2 is 2.05 bits per heavy atom. The maximum absolute atomic E-state index is 10.7. The quantitative estimate of drug-likeness (QED) is 0.883. The first kappa shape index (κ1) is 14.5. The molecule has 0 aliphatic rings. The second kappa shape index (κ2) is 6.52. The van der Waals surface area contributed by atoms with Crippen molar-refractivity contribution in [3.8, 4) is 5.75 Å². The molecule has 0 amide bonds. The summed E-state index contributed by atoms with van der Waals surface area (Å²) in [6, 6.07) is 8.04. The molecule has 1 aromatic heterocycles. The fourth-order valence-corrected chi connectivity index (χ4v) is 2.47. The molecule has 0 unspecified atom stereocenters. The van der Waals surface area contributed by atoms with E-state index >= 15 is 0 Å². The Kier molecular flexibility index (Phi) is 4.74. The van der Waals surface area contributed by atoms with E-state index in [0.29, 0.717) is 18.9 Å². The van der Waals surface area contributed by atoms with E-state index in [-0.39, 0.29) is 4.88 Å². The molecule has 0 aliphatic carbocycles. The van der Waals surface area contributed by atoms with Gasteiger partial charge in [0, 0.05) is 6.42 Å². The lowest BCUT2D eigenvalue weighted by atomic mass is 10.0. The highest BCUT2D eigenvalue weighted by Crippen LogP contribution is 2.19. The van der Waals surface area contributed by atoms with Crippen molar-refractivity contribution >= 4 is 17.3 Å². The van der Waals surface area contributed by atoms with Gasteiger partial charge in [0.25, 0.3) is 0 Å². The lowest BCUT2D eigenvalue weighted by Crippen LogP contribution is -2.01. The third kappa shape index (κ3) is 3.81. The minimum Gasteiger partial charge on any atom is -0.493 e. The van der Waals surface area contributed by atoms with Gasteiger partial charge < -0.3 is 9.84 Å². The summed E-state index contributed by atoms with van der Waals surface area (Å²) in [4.78, 5) is 15.1. The van der Waals surface area contributed by atoms with Crippen molar-refractivity contribution in [3.63, 3.8) is 0 Å². The first-order valence-corrected chi connectivity index (χ1v) is 7.28. The number of carboxylic acids is 1. The number of benzene rings is 1. The normalized spacial score (nSPS) is 10.8. The minimum atomic E-state index is -0.932. The summed E-state index contributed by atoms with van der Waals surface area (Å²) < 4.78 is 5.63. The lowest BCUT2D eigenvalue weighted by molar-refractivity contribution is 0.0702. The van der Waals surface area contributed by atoms with Crippen molar-refractivity contribution in [1.82, 2.24) is 4.98 Å². The fourth-order valence-electron chi connectivity index (χ4n) is 1.73. The molecule has 0 saturated heterocycles. The first-order valence-electron chi connectivity index (χ1n) is 6.47. The van der Waals surface area contributed by atoms with E-state index in [2.05, 4.69) is 31.0 Å². The van der Waals surface area contributed by atoms with Crippen LogP contribution in [0.5, 0.6) is 5.75 Å². The van der Waals surface area contributed by atoms with E-state index in [1.165, 1.54) is 23.1 Å². The largest absolute Gasteiger partial charge is 0.493 e. The molecule has 1 heterocycles. The van der Waals surface area contributed by atoms with Crippen LogP contribution < -0.4 is 4.74 Å². The molecule has 0 fully saturated rings. The zero-order valence-electron chi connectivity index (χ0n) is 11.5. The molecule has 0 saturated carbocycles. The second-order valence-corrected chi connectivity index (χ2v) is 5.86. The SMILES string of the molecule is CC(C)c1ccc(OCCc2ncc(C(=O)O)s2)cc1. The van der Waals surface area contributed by atoms with Crippen LogP contribution >= 0.6 is 11.3 Å². The van der Waals surface area contributed by atoms with Crippen LogP contribution in [0.4, 0.5) is 0 Å². The average Bonchev–Trinajstić information content (AvgIpc) is 2.88. The molecule has 106 valence electrons. The Balaban J connectivity index is 1.84. The number of thiazole rings is 1. The Morgan fingerprint density at radius 1 is 1.35 bits per heavy atom. The third-order valence-electron chi connectivity index (χ3n) is 2.90. The molecule has 0 radical (unpaired) electrons. The molecule has 0 aliphatic heterocycles. The van der Waals surface area contributed by atoms with Gasteiger partial charge in [-0.1, -0.05) is 26.0 Å². The number of aromatic nitrogens is 1. The average molecular weight is 291 g/mol. The highest BCUT2D eigenvalue weighted by molar-refractivity contribution is 7.13. The lowest BCUT2D eigenvalue weighted by Gasteiger charge is -2.08. The predicted molar refractivity (Wildman–Crippen MR) is 78.8 cm³/mol. The van der Waals surface area contributed by atoms with Gasteiger partial charge in [-0.15, -0.1) is 11.3 Å². The molecule has 2 aromatic rings. The molecule has 0 atom stereocenters. The highest BCUT2D eigenvalue weighted by atomic mass is 32.1. The van der Waals surface area contributed by atoms with Gasteiger partial charge >= 0.3 is 5.97 Å². The van der Waals surface area contributed by atoms with Gasteiger partial charge in [-0.25, -0.2) is 9.78 Å². The molecule has 0 bridgehead atoms. The first-order chi connectivity index (χ1) is 9.56. The fraction of sp³-hybridized carbons (Fsp3) is 0.333. The molecule has 1 aromatic carbocycles. The number of carboxylic acid groups (broad SMARTS) is 1. The van der Waals surface area contributed by atoms with Gasteiger partial charge in [0.05, 0.1) is 17.8 Å². The predicted octanol–water partition coefficient (Wildman–Crippen LogP) is 3.59. The Morgan fingerprint density at radius 3 is 2.60 bits per heavy atom. The summed E-state index contributed by atoms with van der Waals surface area (Å²) in [7, 11) is 0. The Bertz CT molecular complexity index is 575. The molecule has 20 heavy (non-hydrogen) atoms. The standard InChI is InChI=1S/C15H17NO3S/c1-10(2)11-3-5-12(6-4-11)19-8-7-14-16-9-13(20-14)15(17)18/h3-6,9-10H,7-8H2,1-2H3,(H,17,18). The van der Waals surface area contributed by atoms with Crippen LogP contribution in [-0.4, -0.2) is 22.7 Å². The van der Waals surface area contributed by atoms with Crippen molar-refractivity contribution in [3.05, 3.63) is 45.9 Å². The number of hydrogen-bond acceptors (Lipinski definition) is 4. The summed E-state index contributed by atoms with van der Waals surface area (Å²) >= 11 is 1.19. The second-order valence-electron chi connectivity index (χ2n) is 4.75. The monoisotopic (exact) mass is 291 g/mol. The maximum Gasteiger partial charge on any atom is 0.347 e. The Hall–Kier alpha value is -1.88. The van der Waals surface area contributed by atoms with Crippen LogP contribution in [0.1, 0.15) is 40.0 Å². The Labute approximate surface area is 122 Å². The van der Waals surface area contributed by atoms with Crippen LogP contribution in [0.2, 0.25) is 0 Å². The van der Waals surface area contributed by atoms with E-state index < -0.39 is 5.97 Å². The zero-order valence-corrected chi connectivity index (χ0v) is 12.3. The van der Waals surface area contributed by atoms with E-state index in [9.17, 15) is 4.79 Å². The van der Waals surface area contributed by atoms with Gasteiger partial charge in [0.2, 0.25) is 0 Å². The van der Waals surface area contributed by atoms with E-state index in [4.69, 9.17) is 9.84 Å². The van der Waals surface area contributed by atoms with Crippen molar-refractivity contribution < 1.29 is 14.6 Å². The number of carbonyl (C=O) groups is 1. The van der Waals surface area contributed by atoms with Crippen molar-refractivity contribution in [2.75, 3.05) is 6.61 Å². The summed E-state index contributed by atoms with van der Waals surface area (Å²) in [5.74, 6) is 0.400. The number of aromatic carboxylic acids is 1. The summed E-state index contributed by atoms with van der Waals surface area (Å²) in [5, 5.41) is 9.59. The molecular weight excluding hydrogens is 274 g/mol. The molecule has 5 heteroatoms. The molecule has 1 N–H and O–H groups in total. The van der Waals surface area contributed by atoms with Gasteiger partial charge in [-0.05, 0) is 23.6 Å². The van der Waals surface area contributed by atoms with Gasteiger partial charge in [-0.2, -0.15) is 0 Å². The summed E-state index contributed by atoms with van der Waals surface area (Å²) in [5.41, 5.74) is 1.28. The van der Waals surface area contributed by atoms with Crippen LogP contribution in [0, 0.1) is 0 Å². The maximum atomic E-state index is 10.7. The van der Waals surface area contributed by atoms with Gasteiger partial charge in [-0.3, -0.25) is 0 Å². The molecule has 2 rings (SSSR count). The van der Waals surface area contributed by atoms with Crippen LogP contribution in [-0.2, 0) is 6.42 Å². The van der Waals surface area contributed by atoms with E-state index in [0.717, 1.165) is 10.8 Å². The molecule has 4 nitrogen and oxygen atoms in total. The topological polar surface area (TPSA) is 59.4 Å². The molecule has 0 spiro atoms. The van der Waals surface area contributed by atoms with Crippen LogP contribution in [0.3, 0.4) is 0 Å². The minimum absolute atomic E-state index is 0.265. The summed E-state index contributed by atoms with van der Waals surface area (Å²) in [6.45, 7) is 4.80. The number of rotatable bonds is 6.